The molecule has 1 heterocycles. The maximum Gasteiger partial charge on any atom is 0.280 e. The van der Waals surface area contributed by atoms with Crippen LogP contribution in [-0.4, -0.2) is 28.4 Å². The van der Waals surface area contributed by atoms with Crippen LogP contribution in [0.3, 0.4) is 0 Å². The van der Waals surface area contributed by atoms with Gasteiger partial charge in [0.25, 0.3) is 11.5 Å². The average molecular weight is 363 g/mol. The van der Waals surface area contributed by atoms with Crippen LogP contribution in [0.2, 0.25) is 0 Å². The molecule has 1 amide bonds. The first kappa shape index (κ1) is 18.2. The van der Waals surface area contributed by atoms with Crippen molar-refractivity contribution in [3.8, 4) is 5.69 Å². The summed E-state index contributed by atoms with van der Waals surface area (Å²) in [5, 5.41) is 9.97. The molecule has 3 aromatic rings. The summed E-state index contributed by atoms with van der Waals surface area (Å²) in [6, 6.07) is 17.0. The normalized spacial score (nSPS) is 10.9. The maximum absolute atomic E-state index is 12.5. The van der Waals surface area contributed by atoms with Gasteiger partial charge in [0.2, 0.25) is 0 Å². The molecular formula is C20H21N5O2. The first-order valence-corrected chi connectivity index (χ1v) is 8.54. The Morgan fingerprint density at radius 1 is 1.11 bits per heavy atom. The van der Waals surface area contributed by atoms with E-state index in [1.165, 1.54) is 10.9 Å². The number of H-pyrrole nitrogens is 1. The number of aromatic nitrogens is 2. The number of amides is 1. The van der Waals surface area contributed by atoms with E-state index in [1.54, 1.807) is 6.92 Å². The largest absolute Gasteiger partial charge is 0.376 e. The van der Waals surface area contributed by atoms with Crippen LogP contribution in [0.25, 0.3) is 5.69 Å². The molecule has 0 aliphatic carbocycles. The first-order valence-electron chi connectivity index (χ1n) is 8.54. The number of aryl methyl sites for hydroxylation is 2. The molecule has 0 aliphatic heterocycles. The number of nitrogens with one attached hydrogen (secondary N) is 3. The lowest BCUT2D eigenvalue weighted by Gasteiger charge is -2.07. The zero-order valence-corrected chi connectivity index (χ0v) is 15.2. The number of rotatable bonds is 6. The summed E-state index contributed by atoms with van der Waals surface area (Å²) in [7, 11) is 0. The Morgan fingerprint density at radius 2 is 1.81 bits per heavy atom. The van der Waals surface area contributed by atoms with E-state index >= 15 is 0 Å². The fourth-order valence-electron chi connectivity index (χ4n) is 2.63. The Morgan fingerprint density at radius 3 is 2.56 bits per heavy atom. The molecule has 0 unspecified atom stereocenters. The molecule has 3 rings (SSSR count). The maximum atomic E-state index is 12.5. The molecular weight excluding hydrogens is 342 g/mol. The van der Waals surface area contributed by atoms with Crippen molar-refractivity contribution in [3.63, 3.8) is 0 Å². The van der Waals surface area contributed by atoms with E-state index in [0.717, 1.165) is 16.9 Å². The van der Waals surface area contributed by atoms with Gasteiger partial charge in [0.05, 0.1) is 24.0 Å². The highest BCUT2D eigenvalue weighted by Gasteiger charge is 2.10. The number of nitrogens with zero attached hydrogens (tertiary/aromatic N) is 2. The van der Waals surface area contributed by atoms with Crippen LogP contribution in [0.1, 0.15) is 16.8 Å². The lowest BCUT2D eigenvalue weighted by molar-refractivity contribution is -0.119. The number of hydrazone groups is 1. The molecule has 0 spiro atoms. The minimum Gasteiger partial charge on any atom is -0.376 e. The Balaban J connectivity index is 1.63. The van der Waals surface area contributed by atoms with E-state index in [0.29, 0.717) is 11.3 Å². The molecule has 2 aromatic carbocycles. The summed E-state index contributed by atoms with van der Waals surface area (Å²) in [6.07, 6.45) is 1.36. The second-order valence-corrected chi connectivity index (χ2v) is 6.09. The van der Waals surface area contributed by atoms with Crippen molar-refractivity contribution >= 4 is 17.8 Å². The van der Waals surface area contributed by atoms with Crippen LogP contribution in [0.15, 0.2) is 64.5 Å². The van der Waals surface area contributed by atoms with E-state index in [4.69, 9.17) is 0 Å². The number of anilines is 1. The number of hydrogen-bond donors (Lipinski definition) is 3. The lowest BCUT2D eigenvalue weighted by atomic mass is 10.2. The van der Waals surface area contributed by atoms with Gasteiger partial charge in [0.15, 0.2) is 0 Å². The molecule has 0 atom stereocenters. The summed E-state index contributed by atoms with van der Waals surface area (Å²) in [5.74, 6) is -0.300. The zero-order chi connectivity index (χ0) is 19.2. The Bertz CT molecular complexity index is 1020. The van der Waals surface area contributed by atoms with Crippen molar-refractivity contribution in [1.82, 2.24) is 15.2 Å². The number of benzene rings is 2. The summed E-state index contributed by atoms with van der Waals surface area (Å²) in [5.41, 5.74) is 5.94. The molecule has 138 valence electrons. The minimum atomic E-state index is -0.300. The third-order valence-corrected chi connectivity index (χ3v) is 4.10. The molecule has 0 radical (unpaired) electrons. The van der Waals surface area contributed by atoms with E-state index in [9.17, 15) is 9.59 Å². The number of carbonyl (C=O) groups excluding carboxylic acids is 1. The second-order valence-electron chi connectivity index (χ2n) is 6.09. The van der Waals surface area contributed by atoms with Crippen molar-refractivity contribution < 1.29 is 4.79 Å². The minimum absolute atomic E-state index is 0.0859. The topological polar surface area (TPSA) is 91.3 Å². The third kappa shape index (κ3) is 4.33. The predicted octanol–water partition coefficient (Wildman–Crippen LogP) is 2.34. The fraction of sp³-hybridized carbons (Fsp3) is 0.150. The number of carbonyl (C=O) groups is 1. The van der Waals surface area contributed by atoms with E-state index in [2.05, 4.69) is 20.9 Å². The van der Waals surface area contributed by atoms with Crippen LogP contribution in [0.4, 0.5) is 5.69 Å². The molecule has 0 saturated heterocycles. The quantitative estimate of drug-likeness (QED) is 0.464. The summed E-state index contributed by atoms with van der Waals surface area (Å²) < 4.78 is 1.44. The molecule has 0 bridgehead atoms. The predicted molar refractivity (Wildman–Crippen MR) is 107 cm³/mol. The van der Waals surface area contributed by atoms with Crippen LogP contribution >= 0.6 is 0 Å². The van der Waals surface area contributed by atoms with Crippen molar-refractivity contribution in [2.45, 2.75) is 13.8 Å². The van der Waals surface area contributed by atoms with E-state index in [-0.39, 0.29) is 18.0 Å². The SMILES string of the molecule is Cc1ccccc1NCC(=O)N/N=C/c1c(C)[nH]n(-c2ccccc2)c1=O. The molecule has 1 aromatic heterocycles. The van der Waals surface area contributed by atoms with Gasteiger partial charge in [-0.1, -0.05) is 36.4 Å². The van der Waals surface area contributed by atoms with Gasteiger partial charge in [-0.25, -0.2) is 10.1 Å². The third-order valence-electron chi connectivity index (χ3n) is 4.10. The van der Waals surface area contributed by atoms with Crippen LogP contribution in [0, 0.1) is 13.8 Å². The standard InChI is InChI=1S/C20H21N5O2/c1-14-8-6-7-11-18(14)21-13-19(26)23-22-12-17-15(2)24-25(20(17)27)16-9-4-3-5-10-16/h3-12,21,24H,13H2,1-2H3,(H,23,26)/b22-12+. The summed E-state index contributed by atoms with van der Waals surface area (Å²) >= 11 is 0. The molecule has 7 nitrogen and oxygen atoms in total. The highest BCUT2D eigenvalue weighted by Crippen LogP contribution is 2.12. The second kappa shape index (κ2) is 8.18. The van der Waals surface area contributed by atoms with Gasteiger partial charge in [-0.15, -0.1) is 0 Å². The van der Waals surface area contributed by atoms with Crippen molar-refractivity contribution in [1.29, 1.82) is 0 Å². The fourth-order valence-corrected chi connectivity index (χ4v) is 2.63. The van der Waals surface area contributed by atoms with Crippen LogP contribution in [0.5, 0.6) is 0 Å². The van der Waals surface area contributed by atoms with Gasteiger partial charge in [0, 0.05) is 11.4 Å². The van der Waals surface area contributed by atoms with Crippen molar-refractivity contribution in [2.24, 2.45) is 5.10 Å². The Hall–Kier alpha value is -3.61. The highest BCUT2D eigenvalue weighted by atomic mass is 16.2. The summed E-state index contributed by atoms with van der Waals surface area (Å²) in [6.45, 7) is 3.83. The molecule has 0 saturated carbocycles. The highest BCUT2D eigenvalue weighted by molar-refractivity contribution is 5.84. The van der Waals surface area contributed by atoms with Crippen LogP contribution in [-0.2, 0) is 4.79 Å². The number of para-hydroxylation sites is 2. The lowest BCUT2D eigenvalue weighted by Crippen LogP contribution is -2.26. The van der Waals surface area contributed by atoms with Crippen molar-refractivity contribution in [3.05, 3.63) is 81.8 Å². The Labute approximate surface area is 156 Å². The van der Waals surface area contributed by atoms with Crippen molar-refractivity contribution in [2.75, 3.05) is 11.9 Å². The molecule has 0 fully saturated rings. The molecule has 0 aliphatic rings. The zero-order valence-electron chi connectivity index (χ0n) is 15.2. The Kier molecular flexibility index (Phi) is 5.51. The smallest absolute Gasteiger partial charge is 0.280 e. The van der Waals surface area contributed by atoms with Gasteiger partial charge in [-0.05, 0) is 37.6 Å². The van der Waals surface area contributed by atoms with Crippen LogP contribution < -0.4 is 16.3 Å². The summed E-state index contributed by atoms with van der Waals surface area (Å²) in [4.78, 5) is 24.5. The monoisotopic (exact) mass is 363 g/mol. The van der Waals surface area contributed by atoms with E-state index in [1.807, 2.05) is 61.5 Å². The van der Waals surface area contributed by atoms with Gasteiger partial charge >= 0.3 is 0 Å². The molecule has 27 heavy (non-hydrogen) atoms. The van der Waals surface area contributed by atoms with Gasteiger partial charge in [-0.2, -0.15) is 5.10 Å². The average Bonchev–Trinajstić information content (AvgIpc) is 2.96. The molecule has 7 heteroatoms. The first-order chi connectivity index (χ1) is 13.1. The van der Waals surface area contributed by atoms with Gasteiger partial charge in [0.1, 0.15) is 0 Å². The number of aromatic amines is 1. The van der Waals surface area contributed by atoms with Gasteiger partial charge < -0.3 is 5.32 Å². The van der Waals surface area contributed by atoms with E-state index < -0.39 is 0 Å². The van der Waals surface area contributed by atoms with Gasteiger partial charge in [-0.3, -0.25) is 14.7 Å². The number of hydrogen-bond acceptors (Lipinski definition) is 4. The molecule has 3 N–H and O–H groups in total.